The Bertz CT molecular complexity index is 965. The average Bonchev–Trinajstić information content (AvgIpc) is 2.95. The number of pyridine rings is 1. The van der Waals surface area contributed by atoms with E-state index in [1.807, 2.05) is 24.3 Å². The molecule has 1 aliphatic rings. The zero-order valence-electron chi connectivity index (χ0n) is 13.5. The SMILES string of the molecule is CCCc1nc(N)nc2ccc(-c3ccc4c(c3)CCC4=O)nc12. The van der Waals surface area contributed by atoms with E-state index < -0.39 is 0 Å². The summed E-state index contributed by atoms with van der Waals surface area (Å²) in [7, 11) is 0. The van der Waals surface area contributed by atoms with Crippen molar-refractivity contribution in [2.75, 3.05) is 5.73 Å². The van der Waals surface area contributed by atoms with Crippen LogP contribution in [0.15, 0.2) is 30.3 Å². The highest BCUT2D eigenvalue weighted by Crippen LogP contribution is 2.28. The number of benzene rings is 1. The lowest BCUT2D eigenvalue weighted by atomic mass is 10.0. The molecule has 120 valence electrons. The summed E-state index contributed by atoms with van der Waals surface area (Å²) in [5, 5.41) is 0. The van der Waals surface area contributed by atoms with Gasteiger partial charge in [-0.25, -0.2) is 15.0 Å². The predicted molar refractivity (Wildman–Crippen MR) is 93.8 cm³/mol. The fraction of sp³-hybridized carbons (Fsp3) is 0.263. The van der Waals surface area contributed by atoms with Crippen LogP contribution < -0.4 is 5.73 Å². The van der Waals surface area contributed by atoms with Crippen LogP contribution in [0, 0.1) is 0 Å². The lowest BCUT2D eigenvalue weighted by Gasteiger charge is -2.08. The molecule has 0 unspecified atom stereocenters. The van der Waals surface area contributed by atoms with Gasteiger partial charge in [0.25, 0.3) is 0 Å². The van der Waals surface area contributed by atoms with Crippen LogP contribution in [0.25, 0.3) is 22.3 Å². The molecule has 0 saturated carbocycles. The van der Waals surface area contributed by atoms with Crippen molar-refractivity contribution in [3.8, 4) is 11.3 Å². The first-order chi connectivity index (χ1) is 11.7. The van der Waals surface area contributed by atoms with Crippen molar-refractivity contribution < 1.29 is 4.79 Å². The fourth-order valence-electron chi connectivity index (χ4n) is 3.28. The highest BCUT2D eigenvalue weighted by atomic mass is 16.1. The van der Waals surface area contributed by atoms with E-state index in [1.165, 1.54) is 0 Å². The van der Waals surface area contributed by atoms with E-state index in [4.69, 9.17) is 10.7 Å². The molecule has 0 amide bonds. The molecule has 3 aromatic rings. The Labute approximate surface area is 140 Å². The molecule has 0 spiro atoms. The van der Waals surface area contributed by atoms with E-state index in [2.05, 4.69) is 23.0 Å². The van der Waals surface area contributed by atoms with E-state index in [0.29, 0.717) is 6.42 Å². The quantitative estimate of drug-likeness (QED) is 0.801. The zero-order valence-corrected chi connectivity index (χ0v) is 13.5. The number of ketones is 1. The van der Waals surface area contributed by atoms with E-state index >= 15 is 0 Å². The van der Waals surface area contributed by atoms with Gasteiger partial charge in [-0.1, -0.05) is 25.5 Å². The molecule has 0 fully saturated rings. The summed E-state index contributed by atoms with van der Waals surface area (Å²) in [5.74, 6) is 0.522. The third-order valence-corrected chi connectivity index (χ3v) is 4.44. The number of Topliss-reactive ketones (excluding diaryl/α,β-unsaturated/α-hetero) is 1. The molecule has 1 aromatic carbocycles. The van der Waals surface area contributed by atoms with Gasteiger partial charge in [0.05, 0.1) is 16.9 Å². The summed E-state index contributed by atoms with van der Waals surface area (Å²) >= 11 is 0. The van der Waals surface area contributed by atoms with Gasteiger partial charge in [-0.3, -0.25) is 4.79 Å². The molecule has 0 atom stereocenters. The van der Waals surface area contributed by atoms with Crippen molar-refractivity contribution in [3.63, 3.8) is 0 Å². The van der Waals surface area contributed by atoms with Crippen LogP contribution in [0.4, 0.5) is 5.95 Å². The summed E-state index contributed by atoms with van der Waals surface area (Å²) in [6, 6.07) is 9.84. The van der Waals surface area contributed by atoms with E-state index in [0.717, 1.165) is 58.4 Å². The molecule has 0 saturated heterocycles. The van der Waals surface area contributed by atoms with Crippen LogP contribution in [-0.4, -0.2) is 20.7 Å². The number of aromatic nitrogens is 3. The smallest absolute Gasteiger partial charge is 0.220 e. The molecule has 2 N–H and O–H groups in total. The van der Waals surface area contributed by atoms with Gasteiger partial charge in [-0.2, -0.15) is 0 Å². The van der Waals surface area contributed by atoms with Gasteiger partial charge in [0.1, 0.15) is 5.52 Å². The predicted octanol–water partition coefficient (Wildman–Crippen LogP) is 3.36. The first kappa shape index (κ1) is 14.8. The molecular formula is C19H18N4O. The van der Waals surface area contributed by atoms with Crippen LogP contribution in [0.5, 0.6) is 0 Å². The van der Waals surface area contributed by atoms with Crippen molar-refractivity contribution in [1.29, 1.82) is 0 Å². The number of hydrogen-bond acceptors (Lipinski definition) is 5. The second-order valence-corrected chi connectivity index (χ2v) is 6.14. The minimum Gasteiger partial charge on any atom is -0.368 e. The van der Waals surface area contributed by atoms with E-state index in [9.17, 15) is 4.79 Å². The molecule has 24 heavy (non-hydrogen) atoms. The number of carbonyl (C=O) groups excluding carboxylic acids is 1. The molecule has 5 nitrogen and oxygen atoms in total. The molecule has 0 bridgehead atoms. The van der Waals surface area contributed by atoms with Crippen LogP contribution in [-0.2, 0) is 12.8 Å². The van der Waals surface area contributed by atoms with Crippen LogP contribution in [0.2, 0.25) is 0 Å². The van der Waals surface area contributed by atoms with Crippen molar-refractivity contribution >= 4 is 22.8 Å². The average molecular weight is 318 g/mol. The molecule has 2 aromatic heterocycles. The third kappa shape index (κ3) is 2.42. The summed E-state index contributed by atoms with van der Waals surface area (Å²) < 4.78 is 0. The second kappa shape index (κ2) is 5.67. The number of nitrogens with two attached hydrogens (primary N) is 1. The fourth-order valence-corrected chi connectivity index (χ4v) is 3.28. The Balaban J connectivity index is 1.84. The first-order valence-electron chi connectivity index (χ1n) is 8.25. The Morgan fingerprint density at radius 3 is 2.79 bits per heavy atom. The molecule has 2 heterocycles. The number of hydrogen-bond donors (Lipinski definition) is 1. The molecule has 5 heteroatoms. The lowest BCUT2D eigenvalue weighted by Crippen LogP contribution is -2.02. The van der Waals surface area contributed by atoms with Gasteiger partial charge in [0, 0.05) is 17.5 Å². The van der Waals surface area contributed by atoms with Gasteiger partial charge in [-0.05, 0) is 36.6 Å². The summed E-state index contributed by atoms with van der Waals surface area (Å²) in [6.07, 6.45) is 3.21. The highest BCUT2D eigenvalue weighted by molar-refractivity contribution is 6.01. The lowest BCUT2D eigenvalue weighted by molar-refractivity contribution is 0.0994. The molecule has 1 aliphatic carbocycles. The maximum atomic E-state index is 11.8. The van der Waals surface area contributed by atoms with E-state index in [1.54, 1.807) is 0 Å². The van der Waals surface area contributed by atoms with Gasteiger partial charge in [0.2, 0.25) is 5.95 Å². The second-order valence-electron chi connectivity index (χ2n) is 6.14. The van der Waals surface area contributed by atoms with Crippen LogP contribution in [0.3, 0.4) is 0 Å². The van der Waals surface area contributed by atoms with Crippen LogP contribution in [0.1, 0.15) is 41.4 Å². The number of aryl methyl sites for hydroxylation is 2. The Morgan fingerprint density at radius 2 is 1.96 bits per heavy atom. The number of rotatable bonds is 3. The van der Waals surface area contributed by atoms with Gasteiger partial charge < -0.3 is 5.73 Å². The van der Waals surface area contributed by atoms with Gasteiger partial charge >= 0.3 is 0 Å². The normalized spacial score (nSPS) is 13.5. The molecule has 0 radical (unpaired) electrons. The summed E-state index contributed by atoms with van der Waals surface area (Å²) in [4.78, 5) is 25.2. The molecule has 0 aliphatic heterocycles. The van der Waals surface area contributed by atoms with Gasteiger partial charge in [0.15, 0.2) is 5.78 Å². The van der Waals surface area contributed by atoms with Crippen molar-refractivity contribution in [1.82, 2.24) is 15.0 Å². The van der Waals surface area contributed by atoms with Crippen LogP contribution >= 0.6 is 0 Å². The number of carbonyl (C=O) groups is 1. The minimum absolute atomic E-state index is 0.233. The Morgan fingerprint density at radius 1 is 1.08 bits per heavy atom. The van der Waals surface area contributed by atoms with E-state index in [-0.39, 0.29) is 11.7 Å². The Kier molecular flexibility index (Phi) is 3.49. The topological polar surface area (TPSA) is 81.8 Å². The largest absolute Gasteiger partial charge is 0.368 e. The van der Waals surface area contributed by atoms with Crippen molar-refractivity contribution in [2.45, 2.75) is 32.6 Å². The van der Waals surface area contributed by atoms with Crippen molar-refractivity contribution in [3.05, 3.63) is 47.2 Å². The van der Waals surface area contributed by atoms with Crippen molar-refractivity contribution in [2.24, 2.45) is 0 Å². The molecule has 4 rings (SSSR count). The summed E-state index contributed by atoms with van der Waals surface area (Å²) in [6.45, 7) is 2.10. The monoisotopic (exact) mass is 318 g/mol. The number of fused-ring (bicyclic) bond motifs is 2. The summed E-state index contributed by atoms with van der Waals surface area (Å²) in [5.41, 5.74) is 12.1. The minimum atomic E-state index is 0.233. The highest BCUT2D eigenvalue weighted by Gasteiger charge is 2.20. The number of anilines is 1. The molecular weight excluding hydrogens is 300 g/mol. The third-order valence-electron chi connectivity index (χ3n) is 4.44. The maximum absolute atomic E-state index is 11.8. The number of nitrogens with zero attached hydrogens (tertiary/aromatic N) is 3. The standard InChI is InChI=1S/C19H18N4O/c1-2-3-15-18-16(23-19(20)22-15)8-7-14(21-18)12-4-6-13-11(10-12)5-9-17(13)24/h4,6-8,10H,2-3,5,9H2,1H3,(H2,20,22,23). The number of nitrogen functional groups attached to an aromatic ring is 1. The first-order valence-corrected chi connectivity index (χ1v) is 8.25. The zero-order chi connectivity index (χ0) is 16.7. The van der Waals surface area contributed by atoms with Gasteiger partial charge in [-0.15, -0.1) is 0 Å². The maximum Gasteiger partial charge on any atom is 0.220 e. The Hall–Kier alpha value is -2.82.